The van der Waals surface area contributed by atoms with Crippen molar-refractivity contribution in [3.63, 3.8) is 0 Å². The van der Waals surface area contributed by atoms with Gasteiger partial charge in [-0.1, -0.05) is 0 Å². The molecule has 1 aromatic rings. The van der Waals surface area contributed by atoms with Crippen LogP contribution in [0.15, 0.2) is 12.1 Å². The zero-order chi connectivity index (χ0) is 12.5. The number of pyridine rings is 1. The van der Waals surface area contributed by atoms with E-state index in [-0.39, 0.29) is 0 Å². The molecule has 1 rings (SSSR count). The molecule has 0 aromatic carbocycles. The molecule has 8 heteroatoms. The third-order valence-corrected chi connectivity index (χ3v) is 1.70. The first-order chi connectivity index (χ1) is 7.21. The van der Waals surface area contributed by atoms with Crippen LogP contribution in [0.4, 0.5) is 19.0 Å². The fourth-order valence-corrected chi connectivity index (χ4v) is 0.958. The van der Waals surface area contributed by atoms with Crippen LogP contribution < -0.4 is 0 Å². The first-order valence-corrected chi connectivity index (χ1v) is 3.96. The predicted molar refractivity (Wildman–Crippen MR) is 45.9 cm³/mol. The Hall–Kier alpha value is -1.99. The summed E-state index contributed by atoms with van der Waals surface area (Å²) >= 11 is 0. The third-order valence-electron chi connectivity index (χ3n) is 1.70. The molecular formula is C8H5F3N2O3. The normalized spacial score (nSPS) is 11.2. The number of nitro groups is 1. The summed E-state index contributed by atoms with van der Waals surface area (Å²) < 4.78 is 36.8. The number of aromatic nitrogens is 1. The number of alkyl halides is 3. The molecule has 0 N–H and O–H groups in total. The van der Waals surface area contributed by atoms with Crippen molar-refractivity contribution >= 4 is 11.6 Å². The molecule has 0 atom stereocenters. The average molecular weight is 234 g/mol. The summed E-state index contributed by atoms with van der Waals surface area (Å²) in [7, 11) is 0. The van der Waals surface area contributed by atoms with Crippen LogP contribution in [0.1, 0.15) is 23.0 Å². The minimum atomic E-state index is -4.82. The molecule has 1 heterocycles. The van der Waals surface area contributed by atoms with Gasteiger partial charge in [0, 0.05) is 17.7 Å². The number of ketones is 1. The smallest absolute Gasteiger partial charge is 0.358 e. The van der Waals surface area contributed by atoms with E-state index in [4.69, 9.17) is 0 Å². The summed E-state index contributed by atoms with van der Waals surface area (Å²) in [5, 5.41) is 10.3. The van der Waals surface area contributed by atoms with Crippen LogP contribution in [0.3, 0.4) is 0 Å². The predicted octanol–water partition coefficient (Wildman–Crippen LogP) is 2.21. The number of halogens is 3. The van der Waals surface area contributed by atoms with E-state index in [1.807, 2.05) is 0 Å². The SMILES string of the molecule is CC(=O)c1cc([N+](=O)[O-])nc(C(F)(F)F)c1. The van der Waals surface area contributed by atoms with Gasteiger partial charge in [0.05, 0.1) is 0 Å². The van der Waals surface area contributed by atoms with Crippen LogP contribution >= 0.6 is 0 Å². The standard InChI is InChI=1S/C8H5F3N2O3/c1-4(14)5-2-6(8(9,10)11)12-7(3-5)13(15)16/h2-3H,1H3. The summed E-state index contributed by atoms with van der Waals surface area (Å²) in [4.78, 5) is 22.9. The Morgan fingerprint density at radius 1 is 1.44 bits per heavy atom. The fraction of sp³-hybridized carbons (Fsp3) is 0.250. The van der Waals surface area contributed by atoms with Crippen LogP contribution in [0.25, 0.3) is 0 Å². The minimum absolute atomic E-state index is 0.394. The van der Waals surface area contributed by atoms with Crippen molar-refractivity contribution in [2.24, 2.45) is 0 Å². The van der Waals surface area contributed by atoms with Gasteiger partial charge in [0.15, 0.2) is 5.78 Å². The highest BCUT2D eigenvalue weighted by Crippen LogP contribution is 2.29. The number of carbonyl (C=O) groups is 1. The zero-order valence-corrected chi connectivity index (χ0v) is 7.91. The lowest BCUT2D eigenvalue weighted by molar-refractivity contribution is -0.390. The van der Waals surface area contributed by atoms with Gasteiger partial charge in [0.25, 0.3) is 5.69 Å². The number of rotatable bonds is 2. The Morgan fingerprint density at radius 3 is 2.38 bits per heavy atom. The van der Waals surface area contributed by atoms with Crippen molar-refractivity contribution in [3.05, 3.63) is 33.5 Å². The molecule has 0 spiro atoms. The van der Waals surface area contributed by atoms with E-state index in [2.05, 4.69) is 4.98 Å². The summed E-state index contributed by atoms with van der Waals surface area (Å²) in [5.41, 5.74) is -1.85. The number of Topliss-reactive ketones (excluding diaryl/α,β-unsaturated/α-hetero) is 1. The van der Waals surface area contributed by atoms with Crippen LogP contribution in [0.5, 0.6) is 0 Å². The van der Waals surface area contributed by atoms with Gasteiger partial charge in [-0.25, -0.2) is 0 Å². The molecule has 16 heavy (non-hydrogen) atoms. The van der Waals surface area contributed by atoms with E-state index in [1.54, 1.807) is 0 Å². The molecule has 5 nitrogen and oxygen atoms in total. The number of nitrogens with zero attached hydrogens (tertiary/aromatic N) is 2. The first-order valence-electron chi connectivity index (χ1n) is 3.96. The van der Waals surface area contributed by atoms with E-state index in [0.717, 1.165) is 6.92 Å². The lowest BCUT2D eigenvalue weighted by Crippen LogP contribution is -2.11. The maximum atomic E-state index is 12.3. The molecule has 0 radical (unpaired) electrons. The van der Waals surface area contributed by atoms with Crippen LogP contribution in [0, 0.1) is 10.1 Å². The van der Waals surface area contributed by atoms with Crippen LogP contribution in [-0.4, -0.2) is 15.7 Å². The highest BCUT2D eigenvalue weighted by atomic mass is 19.4. The van der Waals surface area contributed by atoms with Gasteiger partial charge in [-0.3, -0.25) is 4.79 Å². The second-order valence-electron chi connectivity index (χ2n) is 2.91. The third kappa shape index (κ3) is 2.53. The Bertz CT molecular complexity index is 424. The van der Waals surface area contributed by atoms with Crippen molar-refractivity contribution in [2.75, 3.05) is 0 Å². The van der Waals surface area contributed by atoms with Crippen molar-refractivity contribution in [2.45, 2.75) is 13.1 Å². The van der Waals surface area contributed by atoms with Crippen LogP contribution in [0.2, 0.25) is 0 Å². The highest BCUT2D eigenvalue weighted by molar-refractivity contribution is 5.94. The molecule has 0 saturated heterocycles. The number of hydrogen-bond donors (Lipinski definition) is 0. The van der Waals surface area contributed by atoms with Gasteiger partial charge in [0.2, 0.25) is 0 Å². The number of carbonyl (C=O) groups excluding carboxylic acids is 1. The Kier molecular flexibility index (Phi) is 2.92. The molecular weight excluding hydrogens is 229 g/mol. The molecule has 1 aromatic heterocycles. The molecule has 0 aliphatic rings. The van der Waals surface area contributed by atoms with Gasteiger partial charge in [0.1, 0.15) is 0 Å². The topological polar surface area (TPSA) is 73.1 Å². The van der Waals surface area contributed by atoms with E-state index >= 15 is 0 Å². The van der Waals surface area contributed by atoms with E-state index < -0.39 is 34.0 Å². The van der Waals surface area contributed by atoms with Crippen molar-refractivity contribution in [3.8, 4) is 0 Å². The maximum Gasteiger partial charge on any atom is 0.458 e. The molecule has 0 aliphatic carbocycles. The largest absolute Gasteiger partial charge is 0.458 e. The van der Waals surface area contributed by atoms with E-state index in [9.17, 15) is 28.1 Å². The lowest BCUT2D eigenvalue weighted by Gasteiger charge is -2.03. The van der Waals surface area contributed by atoms with Gasteiger partial charge in [-0.2, -0.15) is 13.2 Å². The van der Waals surface area contributed by atoms with E-state index in [0.29, 0.717) is 12.1 Å². The number of hydrogen-bond acceptors (Lipinski definition) is 4. The summed E-state index contributed by atoms with van der Waals surface area (Å²) in [6.45, 7) is 1.01. The zero-order valence-electron chi connectivity index (χ0n) is 7.91. The molecule has 0 amide bonds. The molecule has 0 unspecified atom stereocenters. The monoisotopic (exact) mass is 234 g/mol. The molecule has 86 valence electrons. The van der Waals surface area contributed by atoms with Crippen molar-refractivity contribution in [1.29, 1.82) is 0 Å². The Morgan fingerprint density at radius 2 is 2.00 bits per heavy atom. The lowest BCUT2D eigenvalue weighted by atomic mass is 10.1. The summed E-state index contributed by atoms with van der Waals surface area (Å²) in [6, 6.07) is 1.19. The fourth-order valence-electron chi connectivity index (χ4n) is 0.958. The second kappa shape index (κ2) is 3.87. The Balaban J connectivity index is 3.42. The van der Waals surface area contributed by atoms with Crippen molar-refractivity contribution in [1.82, 2.24) is 4.98 Å². The molecule has 0 bridgehead atoms. The van der Waals surface area contributed by atoms with Crippen LogP contribution in [-0.2, 0) is 6.18 Å². The average Bonchev–Trinajstić information content (AvgIpc) is 2.15. The molecule has 0 aliphatic heterocycles. The quantitative estimate of drug-likeness (QED) is 0.446. The van der Waals surface area contributed by atoms with Gasteiger partial charge in [-0.05, 0) is 16.8 Å². The van der Waals surface area contributed by atoms with Crippen molar-refractivity contribution < 1.29 is 22.9 Å². The highest BCUT2D eigenvalue weighted by Gasteiger charge is 2.38. The summed E-state index contributed by atoms with van der Waals surface area (Å²) in [5.74, 6) is -1.70. The van der Waals surface area contributed by atoms with Gasteiger partial charge in [-0.15, -0.1) is 0 Å². The van der Waals surface area contributed by atoms with E-state index in [1.165, 1.54) is 0 Å². The first kappa shape index (κ1) is 12.1. The second-order valence-corrected chi connectivity index (χ2v) is 2.91. The Labute approximate surface area is 87.1 Å². The summed E-state index contributed by atoms with van der Waals surface area (Å²) in [6.07, 6.45) is -4.82. The van der Waals surface area contributed by atoms with Gasteiger partial charge >= 0.3 is 12.0 Å². The minimum Gasteiger partial charge on any atom is -0.358 e. The maximum absolute atomic E-state index is 12.3. The van der Waals surface area contributed by atoms with Gasteiger partial charge < -0.3 is 10.1 Å². The molecule has 0 saturated carbocycles. The molecule has 0 fully saturated rings.